The van der Waals surface area contributed by atoms with Gasteiger partial charge in [-0.1, -0.05) is 11.3 Å². The second kappa shape index (κ2) is 11.8. The van der Waals surface area contributed by atoms with E-state index in [1.807, 2.05) is 30.6 Å². The van der Waals surface area contributed by atoms with E-state index in [1.165, 1.54) is 23.0 Å². The van der Waals surface area contributed by atoms with Crippen molar-refractivity contribution in [3.63, 3.8) is 0 Å². The molecule has 0 saturated heterocycles. The van der Waals surface area contributed by atoms with Crippen LogP contribution >= 0.6 is 11.3 Å². The van der Waals surface area contributed by atoms with Crippen molar-refractivity contribution in [2.24, 2.45) is 4.99 Å². The summed E-state index contributed by atoms with van der Waals surface area (Å²) in [5.74, 6) is -0.533. The molecule has 2 aromatic heterocycles. The number of aryl methyl sites for hydroxylation is 1. The Morgan fingerprint density at radius 2 is 1.77 bits per heavy atom. The zero-order chi connectivity index (χ0) is 31.0. The molecular formula is C32H31N3O7S. The van der Waals surface area contributed by atoms with E-state index in [0.717, 1.165) is 22.6 Å². The third-order valence-electron chi connectivity index (χ3n) is 7.38. The van der Waals surface area contributed by atoms with Gasteiger partial charge in [0.05, 0.1) is 42.2 Å². The van der Waals surface area contributed by atoms with Crippen LogP contribution in [-0.4, -0.2) is 47.0 Å². The summed E-state index contributed by atoms with van der Waals surface area (Å²) in [6, 6.07) is 13.0. The number of esters is 1. The van der Waals surface area contributed by atoms with Gasteiger partial charge in [0.1, 0.15) is 17.5 Å². The first-order chi connectivity index (χ1) is 20.6. The summed E-state index contributed by atoms with van der Waals surface area (Å²) < 4.78 is 20.5. The maximum atomic E-state index is 14.1. The number of aromatic nitrogens is 2. The lowest BCUT2D eigenvalue weighted by Gasteiger charge is -2.26. The molecule has 0 radical (unpaired) electrons. The van der Waals surface area contributed by atoms with E-state index in [1.54, 1.807) is 63.4 Å². The van der Waals surface area contributed by atoms with Gasteiger partial charge in [-0.2, -0.15) is 0 Å². The fraction of sp³-hybridized carbons (Fsp3) is 0.250. The maximum Gasteiger partial charge on any atom is 0.338 e. The number of ether oxygens (including phenoxy) is 3. The highest BCUT2D eigenvalue weighted by atomic mass is 32.1. The van der Waals surface area contributed by atoms with Crippen molar-refractivity contribution in [2.75, 3.05) is 20.8 Å². The summed E-state index contributed by atoms with van der Waals surface area (Å²) in [7, 11) is 3.07. The van der Waals surface area contributed by atoms with Crippen LogP contribution in [0.2, 0.25) is 0 Å². The van der Waals surface area contributed by atoms with Gasteiger partial charge in [-0.15, -0.1) is 0 Å². The van der Waals surface area contributed by atoms with E-state index in [0.29, 0.717) is 32.1 Å². The van der Waals surface area contributed by atoms with Gasteiger partial charge in [0.25, 0.3) is 5.56 Å². The number of benzene rings is 2. The molecule has 0 fully saturated rings. The van der Waals surface area contributed by atoms with E-state index >= 15 is 0 Å². The van der Waals surface area contributed by atoms with Gasteiger partial charge in [0.2, 0.25) is 0 Å². The van der Waals surface area contributed by atoms with Crippen LogP contribution in [0.5, 0.6) is 11.5 Å². The van der Waals surface area contributed by atoms with Gasteiger partial charge in [-0.25, -0.2) is 14.6 Å². The number of allylic oxidation sites excluding steroid dienone is 1. The highest BCUT2D eigenvalue weighted by Gasteiger charge is 2.35. The monoisotopic (exact) mass is 601 g/mol. The molecule has 10 nitrogen and oxygen atoms in total. The molecule has 0 aliphatic carbocycles. The highest BCUT2D eigenvalue weighted by molar-refractivity contribution is 7.07. The SMILES string of the molecule is CCOC(=O)C1=C(C)N=c2s/c(=C/c3cc(C)n(-c4ccc(C(=O)O)cc4)c3C)c(=O)n2[C@H]1c1cc(OC)ccc1OC. The number of carboxylic acid groups (broad SMARTS) is 1. The summed E-state index contributed by atoms with van der Waals surface area (Å²) in [4.78, 5) is 43.8. The van der Waals surface area contributed by atoms with Gasteiger partial charge in [0.15, 0.2) is 4.80 Å². The minimum atomic E-state index is -0.991. The van der Waals surface area contributed by atoms with Crippen molar-refractivity contribution in [1.82, 2.24) is 9.13 Å². The smallest absolute Gasteiger partial charge is 0.338 e. The van der Waals surface area contributed by atoms with E-state index in [-0.39, 0.29) is 23.3 Å². The number of aromatic carboxylic acids is 1. The highest BCUT2D eigenvalue weighted by Crippen LogP contribution is 2.37. The number of nitrogens with zero attached hydrogens (tertiary/aromatic N) is 3. The number of hydrogen-bond donors (Lipinski definition) is 1. The lowest BCUT2D eigenvalue weighted by Crippen LogP contribution is -2.40. The number of fused-ring (bicyclic) bond motifs is 1. The number of hydrogen-bond acceptors (Lipinski definition) is 8. The predicted molar refractivity (Wildman–Crippen MR) is 162 cm³/mol. The standard InChI is InChI=1S/C32H31N3O7S/c1-7-42-31(39)27-18(3)33-32-35(28(27)24-16-23(40-5)12-13-25(24)41-6)29(36)26(43-32)15-21-14-17(2)34(19(21)4)22-10-8-20(9-11-22)30(37)38/h8-16,28H,7H2,1-6H3,(H,37,38)/b26-15+/t28-/m0/s1. The Labute approximate surface area is 251 Å². The van der Waals surface area contributed by atoms with Crippen molar-refractivity contribution in [2.45, 2.75) is 33.7 Å². The average molecular weight is 602 g/mol. The molecule has 1 atom stereocenters. The quantitative estimate of drug-likeness (QED) is 0.304. The molecule has 1 N–H and O–H groups in total. The van der Waals surface area contributed by atoms with Crippen LogP contribution in [0.1, 0.15) is 52.8 Å². The predicted octanol–water partition coefficient (Wildman–Crippen LogP) is 3.92. The molecule has 0 spiro atoms. The van der Waals surface area contributed by atoms with Crippen LogP contribution in [-0.2, 0) is 9.53 Å². The first-order valence-electron chi connectivity index (χ1n) is 13.5. The molecule has 0 saturated carbocycles. The number of carboxylic acids is 1. The number of thiazole rings is 1. The summed E-state index contributed by atoms with van der Waals surface area (Å²) in [5, 5.41) is 9.26. The molecule has 11 heteroatoms. The van der Waals surface area contributed by atoms with Crippen molar-refractivity contribution < 1.29 is 28.9 Å². The lowest BCUT2D eigenvalue weighted by molar-refractivity contribution is -0.139. The van der Waals surface area contributed by atoms with E-state index < -0.39 is 18.0 Å². The van der Waals surface area contributed by atoms with Gasteiger partial charge in [-0.3, -0.25) is 9.36 Å². The fourth-order valence-corrected chi connectivity index (χ4v) is 6.40. The van der Waals surface area contributed by atoms with Crippen LogP contribution in [0.4, 0.5) is 0 Å². The topological polar surface area (TPSA) is 121 Å². The lowest BCUT2D eigenvalue weighted by atomic mass is 9.94. The first kappa shape index (κ1) is 29.6. The summed E-state index contributed by atoms with van der Waals surface area (Å²) in [6.07, 6.45) is 1.82. The van der Waals surface area contributed by atoms with Gasteiger partial charge < -0.3 is 23.9 Å². The number of rotatable bonds is 8. The Morgan fingerprint density at radius 3 is 2.40 bits per heavy atom. The van der Waals surface area contributed by atoms with Crippen LogP contribution in [0, 0.1) is 13.8 Å². The molecule has 0 bridgehead atoms. The molecule has 5 rings (SSSR count). The Morgan fingerprint density at radius 1 is 1.05 bits per heavy atom. The molecular weight excluding hydrogens is 570 g/mol. The molecule has 3 heterocycles. The van der Waals surface area contributed by atoms with E-state index in [2.05, 4.69) is 4.99 Å². The Balaban J connectivity index is 1.70. The van der Waals surface area contributed by atoms with Crippen LogP contribution < -0.4 is 24.4 Å². The van der Waals surface area contributed by atoms with Crippen LogP contribution in [0.25, 0.3) is 11.8 Å². The average Bonchev–Trinajstić information content (AvgIpc) is 3.45. The molecule has 2 aromatic carbocycles. The summed E-state index contributed by atoms with van der Waals surface area (Å²) in [6.45, 7) is 7.50. The third-order valence-corrected chi connectivity index (χ3v) is 8.36. The first-order valence-corrected chi connectivity index (χ1v) is 14.4. The number of carbonyl (C=O) groups is 2. The molecule has 1 aliphatic rings. The van der Waals surface area contributed by atoms with Crippen molar-refractivity contribution in [3.05, 3.63) is 108 Å². The van der Waals surface area contributed by atoms with Crippen LogP contribution in [0.3, 0.4) is 0 Å². The number of methoxy groups -OCH3 is 2. The molecule has 0 unspecified atom stereocenters. The van der Waals surface area contributed by atoms with Gasteiger partial charge in [-0.05, 0) is 87.9 Å². The molecule has 4 aromatic rings. The summed E-state index contributed by atoms with van der Waals surface area (Å²) in [5.41, 5.74) is 4.56. The van der Waals surface area contributed by atoms with Gasteiger partial charge in [0, 0.05) is 22.6 Å². The second-order valence-corrected chi connectivity index (χ2v) is 10.9. The third kappa shape index (κ3) is 5.27. The second-order valence-electron chi connectivity index (χ2n) is 9.92. The minimum Gasteiger partial charge on any atom is -0.497 e. The molecule has 222 valence electrons. The normalized spacial score (nSPS) is 14.7. The van der Waals surface area contributed by atoms with Crippen molar-refractivity contribution >= 4 is 29.4 Å². The Kier molecular flexibility index (Phi) is 8.10. The van der Waals surface area contributed by atoms with E-state index in [4.69, 9.17) is 14.2 Å². The molecule has 43 heavy (non-hydrogen) atoms. The van der Waals surface area contributed by atoms with E-state index in [9.17, 15) is 19.5 Å². The molecule has 1 aliphatic heterocycles. The number of carbonyl (C=O) groups excluding carboxylic acids is 1. The Hall–Kier alpha value is -4.90. The zero-order valence-corrected chi connectivity index (χ0v) is 25.4. The van der Waals surface area contributed by atoms with Crippen LogP contribution in [0.15, 0.2) is 69.6 Å². The largest absolute Gasteiger partial charge is 0.497 e. The Bertz CT molecular complexity index is 1960. The fourth-order valence-electron chi connectivity index (χ4n) is 5.36. The van der Waals surface area contributed by atoms with Crippen molar-refractivity contribution in [3.8, 4) is 17.2 Å². The summed E-state index contributed by atoms with van der Waals surface area (Å²) >= 11 is 1.23. The maximum absolute atomic E-state index is 14.1. The van der Waals surface area contributed by atoms with Crippen molar-refractivity contribution in [1.29, 1.82) is 0 Å². The zero-order valence-electron chi connectivity index (χ0n) is 24.6. The van der Waals surface area contributed by atoms with Gasteiger partial charge >= 0.3 is 11.9 Å². The minimum absolute atomic E-state index is 0.163. The molecule has 0 amide bonds.